The first-order valence-corrected chi connectivity index (χ1v) is 7.36. The molecule has 0 saturated heterocycles. The Morgan fingerprint density at radius 2 is 0.920 bits per heavy atom. The van der Waals surface area contributed by atoms with Crippen LogP contribution in [0.15, 0.2) is 0 Å². The van der Waals surface area contributed by atoms with Gasteiger partial charge >= 0.3 is 0 Å². The molecule has 2 aromatic heterocycles. The van der Waals surface area contributed by atoms with Gasteiger partial charge in [0.15, 0.2) is 0 Å². The van der Waals surface area contributed by atoms with Crippen molar-refractivity contribution in [2.45, 2.75) is 0 Å². The summed E-state index contributed by atoms with van der Waals surface area (Å²) in [6.45, 7) is 0. The Kier molecular flexibility index (Phi) is 6.84. The van der Waals surface area contributed by atoms with Crippen LogP contribution in [0.4, 0.5) is 35.7 Å². The predicted octanol–water partition coefficient (Wildman–Crippen LogP) is -0.853. The van der Waals surface area contributed by atoms with E-state index in [1.807, 2.05) is 57.0 Å². The Morgan fingerprint density at radius 3 is 1.16 bits per heavy atom. The SMILES string of the molecule is CN(C)c1nc(N(C)C)nc(N(C)C)n1.CNc1nc(N)nc(N)n1. The number of hydrogen-bond acceptors (Lipinski definition) is 12. The topological polar surface area (TPSA) is 151 Å². The van der Waals surface area contributed by atoms with E-state index in [-0.39, 0.29) is 11.9 Å². The van der Waals surface area contributed by atoms with Gasteiger partial charge < -0.3 is 31.5 Å². The van der Waals surface area contributed by atoms with E-state index >= 15 is 0 Å². The molecule has 0 aliphatic rings. The molecule has 0 unspecified atom stereocenters. The highest BCUT2D eigenvalue weighted by molar-refractivity contribution is 5.44. The predicted molar refractivity (Wildman–Crippen MR) is 101 cm³/mol. The minimum Gasteiger partial charge on any atom is -0.368 e. The fourth-order valence-corrected chi connectivity index (χ4v) is 1.46. The number of nitrogens with one attached hydrogen (secondary N) is 1. The minimum absolute atomic E-state index is 0.122. The van der Waals surface area contributed by atoms with Crippen LogP contribution in [-0.2, 0) is 0 Å². The summed E-state index contributed by atoms with van der Waals surface area (Å²) >= 11 is 0. The Hall–Kier alpha value is -3.18. The lowest BCUT2D eigenvalue weighted by atomic mass is 10.7. The summed E-state index contributed by atoms with van der Waals surface area (Å²) in [5.74, 6) is 2.62. The molecule has 0 spiro atoms. The summed E-state index contributed by atoms with van der Waals surface area (Å²) in [6.07, 6.45) is 0. The third kappa shape index (κ3) is 6.08. The van der Waals surface area contributed by atoms with Gasteiger partial charge in [-0.15, -0.1) is 0 Å². The van der Waals surface area contributed by atoms with Gasteiger partial charge in [0, 0.05) is 49.3 Å². The number of rotatable bonds is 4. The second-order valence-corrected chi connectivity index (χ2v) is 5.54. The molecule has 0 fully saturated rings. The molecular weight excluding hydrogens is 324 g/mol. The Bertz CT molecular complexity index is 600. The second kappa shape index (κ2) is 8.61. The molecule has 2 rings (SSSR count). The number of anilines is 6. The van der Waals surface area contributed by atoms with Crippen molar-refractivity contribution in [2.24, 2.45) is 0 Å². The monoisotopic (exact) mass is 350 g/mol. The van der Waals surface area contributed by atoms with Crippen molar-refractivity contribution in [1.29, 1.82) is 0 Å². The standard InChI is InChI=1S/C9H18N6.C4H8N6/c1-13(2)7-10-8(14(3)4)12-9(11-7)15(5)6;1-7-4-9-2(5)8-3(6)10-4/h1-6H3;1H3,(H5,5,6,7,8,9,10). The largest absolute Gasteiger partial charge is 0.368 e. The lowest BCUT2D eigenvalue weighted by molar-refractivity contribution is 0.886. The van der Waals surface area contributed by atoms with Crippen LogP contribution in [0.3, 0.4) is 0 Å². The fourth-order valence-electron chi connectivity index (χ4n) is 1.46. The van der Waals surface area contributed by atoms with Crippen molar-refractivity contribution in [3.05, 3.63) is 0 Å². The van der Waals surface area contributed by atoms with Crippen LogP contribution in [0.25, 0.3) is 0 Å². The number of hydrogen-bond donors (Lipinski definition) is 3. The molecule has 0 saturated carbocycles. The van der Waals surface area contributed by atoms with Gasteiger partial charge in [0.05, 0.1) is 0 Å². The van der Waals surface area contributed by atoms with Gasteiger partial charge in [-0.2, -0.15) is 29.9 Å². The van der Waals surface area contributed by atoms with Crippen LogP contribution < -0.4 is 31.5 Å². The van der Waals surface area contributed by atoms with Crippen LogP contribution in [0.2, 0.25) is 0 Å². The van der Waals surface area contributed by atoms with Crippen LogP contribution in [0.5, 0.6) is 0 Å². The van der Waals surface area contributed by atoms with Gasteiger partial charge in [0.25, 0.3) is 0 Å². The molecule has 25 heavy (non-hydrogen) atoms. The Labute approximate surface area is 147 Å². The highest BCUT2D eigenvalue weighted by Crippen LogP contribution is 2.14. The first kappa shape index (κ1) is 19.9. The summed E-state index contributed by atoms with van der Waals surface area (Å²) in [6, 6.07) is 0. The smallest absolute Gasteiger partial charge is 0.231 e. The molecule has 0 amide bonds. The molecule has 2 heterocycles. The normalized spacial score (nSPS) is 9.72. The fraction of sp³-hybridized carbons (Fsp3) is 0.538. The van der Waals surface area contributed by atoms with Crippen LogP contribution in [0.1, 0.15) is 0 Å². The molecular formula is C13H26N12. The molecule has 0 radical (unpaired) electrons. The molecule has 138 valence electrons. The van der Waals surface area contributed by atoms with Crippen LogP contribution >= 0.6 is 0 Å². The maximum absolute atomic E-state index is 5.25. The molecule has 5 N–H and O–H groups in total. The first-order chi connectivity index (χ1) is 11.6. The van der Waals surface area contributed by atoms with Crippen LogP contribution in [0, 0.1) is 0 Å². The zero-order chi connectivity index (χ0) is 19.1. The van der Waals surface area contributed by atoms with Crippen molar-refractivity contribution in [1.82, 2.24) is 29.9 Å². The minimum atomic E-state index is 0.122. The maximum atomic E-state index is 5.25. The molecule has 0 aliphatic heterocycles. The first-order valence-electron chi connectivity index (χ1n) is 7.36. The van der Waals surface area contributed by atoms with Gasteiger partial charge in [-0.05, 0) is 0 Å². The van der Waals surface area contributed by atoms with Gasteiger partial charge in [0.2, 0.25) is 35.7 Å². The van der Waals surface area contributed by atoms with Gasteiger partial charge in [-0.25, -0.2) is 0 Å². The average Bonchev–Trinajstić information content (AvgIpc) is 2.53. The number of aromatic nitrogens is 6. The maximum Gasteiger partial charge on any atom is 0.231 e. The molecule has 2 aromatic rings. The molecule has 0 atom stereocenters. The molecule has 12 nitrogen and oxygen atoms in total. The van der Waals surface area contributed by atoms with Crippen molar-refractivity contribution >= 4 is 35.7 Å². The summed E-state index contributed by atoms with van der Waals surface area (Å²) < 4.78 is 0. The molecule has 0 aliphatic carbocycles. The number of nitrogen functional groups attached to an aromatic ring is 2. The quantitative estimate of drug-likeness (QED) is 0.629. The van der Waals surface area contributed by atoms with E-state index in [0.717, 1.165) is 0 Å². The number of nitrogens with zero attached hydrogens (tertiary/aromatic N) is 9. The van der Waals surface area contributed by atoms with E-state index in [0.29, 0.717) is 23.8 Å². The molecule has 0 bridgehead atoms. The summed E-state index contributed by atoms with van der Waals surface area (Å²) in [5.41, 5.74) is 10.5. The summed E-state index contributed by atoms with van der Waals surface area (Å²) in [5, 5.41) is 2.69. The van der Waals surface area contributed by atoms with Crippen molar-refractivity contribution in [3.8, 4) is 0 Å². The summed E-state index contributed by atoms with van der Waals surface area (Å²) in [7, 11) is 13.1. The van der Waals surface area contributed by atoms with Crippen molar-refractivity contribution in [2.75, 3.05) is 80.8 Å². The highest BCUT2D eigenvalue weighted by Gasteiger charge is 2.10. The molecule has 12 heteroatoms. The van der Waals surface area contributed by atoms with Gasteiger partial charge in [-0.1, -0.05) is 0 Å². The van der Waals surface area contributed by atoms with Crippen molar-refractivity contribution in [3.63, 3.8) is 0 Å². The van der Waals surface area contributed by atoms with Gasteiger partial charge in [0.1, 0.15) is 0 Å². The Morgan fingerprint density at radius 1 is 0.600 bits per heavy atom. The average molecular weight is 350 g/mol. The third-order valence-corrected chi connectivity index (χ3v) is 2.69. The molecule has 0 aromatic carbocycles. The Balaban J connectivity index is 0.000000271. The van der Waals surface area contributed by atoms with E-state index < -0.39 is 0 Å². The second-order valence-electron chi connectivity index (χ2n) is 5.54. The third-order valence-electron chi connectivity index (χ3n) is 2.69. The van der Waals surface area contributed by atoms with E-state index in [4.69, 9.17) is 11.5 Å². The zero-order valence-electron chi connectivity index (χ0n) is 15.7. The van der Waals surface area contributed by atoms with E-state index in [1.165, 1.54) is 0 Å². The summed E-state index contributed by atoms with van der Waals surface area (Å²) in [4.78, 5) is 29.6. The van der Waals surface area contributed by atoms with Gasteiger partial charge in [-0.3, -0.25) is 0 Å². The van der Waals surface area contributed by atoms with Crippen molar-refractivity contribution < 1.29 is 0 Å². The van der Waals surface area contributed by atoms with E-state index in [1.54, 1.807) is 7.05 Å². The highest BCUT2D eigenvalue weighted by atomic mass is 15.4. The lowest BCUT2D eigenvalue weighted by Gasteiger charge is -2.18. The lowest BCUT2D eigenvalue weighted by Crippen LogP contribution is -2.22. The van der Waals surface area contributed by atoms with E-state index in [2.05, 4.69) is 35.2 Å². The van der Waals surface area contributed by atoms with E-state index in [9.17, 15) is 0 Å². The zero-order valence-corrected chi connectivity index (χ0v) is 15.7. The number of nitrogens with two attached hydrogens (primary N) is 2. The van der Waals surface area contributed by atoms with Crippen LogP contribution in [-0.4, -0.2) is 79.2 Å².